The number of rotatable bonds is 5. The van der Waals surface area contributed by atoms with Crippen LogP contribution in [-0.2, 0) is 16.1 Å². The van der Waals surface area contributed by atoms with Gasteiger partial charge in [0.1, 0.15) is 5.82 Å². The van der Waals surface area contributed by atoms with Crippen LogP contribution < -0.4 is 0 Å². The number of ether oxygens (including phenoxy) is 1. The van der Waals surface area contributed by atoms with Crippen molar-refractivity contribution in [2.45, 2.75) is 25.8 Å². The van der Waals surface area contributed by atoms with Crippen LogP contribution in [0.25, 0.3) is 0 Å². The Morgan fingerprint density at radius 3 is 2.92 bits per heavy atom. The van der Waals surface area contributed by atoms with Gasteiger partial charge in [-0.05, 0) is 43.5 Å². The molecule has 24 heavy (non-hydrogen) atoms. The van der Waals surface area contributed by atoms with Gasteiger partial charge in [0.25, 0.3) is 0 Å². The number of halogens is 2. The number of benzene rings is 1. The Kier molecular flexibility index (Phi) is 5.42. The summed E-state index contributed by atoms with van der Waals surface area (Å²) in [7, 11) is 1.66. The van der Waals surface area contributed by atoms with E-state index in [-0.39, 0.29) is 17.1 Å². The summed E-state index contributed by atoms with van der Waals surface area (Å²) >= 11 is 6.14. The number of carbonyl (C=O) groups excluding carboxylic acids is 1. The van der Waals surface area contributed by atoms with Gasteiger partial charge in [-0.1, -0.05) is 17.7 Å². The molecule has 1 unspecified atom stereocenters. The highest BCUT2D eigenvalue weighted by Crippen LogP contribution is 2.40. The number of likely N-dealkylation sites (tertiary alicyclic amines) is 2. The van der Waals surface area contributed by atoms with E-state index in [0.717, 1.165) is 44.5 Å². The number of carbonyl (C=O) groups is 1. The molecule has 1 spiro atoms. The van der Waals surface area contributed by atoms with E-state index in [0.29, 0.717) is 24.7 Å². The van der Waals surface area contributed by atoms with Gasteiger partial charge in [0.2, 0.25) is 5.91 Å². The third-order valence-electron chi connectivity index (χ3n) is 5.23. The normalized spacial score (nSPS) is 25.0. The highest BCUT2D eigenvalue weighted by atomic mass is 35.5. The zero-order valence-corrected chi connectivity index (χ0v) is 14.8. The summed E-state index contributed by atoms with van der Waals surface area (Å²) in [5.41, 5.74) is 0.646. The monoisotopic (exact) mass is 354 g/mol. The highest BCUT2D eigenvalue weighted by molar-refractivity contribution is 6.31. The molecule has 0 aliphatic carbocycles. The van der Waals surface area contributed by atoms with Crippen LogP contribution >= 0.6 is 11.6 Å². The second-order valence-corrected chi connectivity index (χ2v) is 7.27. The molecule has 1 aromatic carbocycles. The largest absolute Gasteiger partial charge is 0.383 e. The number of methoxy groups -OCH3 is 1. The lowest BCUT2D eigenvalue weighted by molar-refractivity contribution is -0.146. The fourth-order valence-electron chi connectivity index (χ4n) is 3.93. The summed E-state index contributed by atoms with van der Waals surface area (Å²) in [4.78, 5) is 17.1. The predicted octanol–water partition coefficient (Wildman–Crippen LogP) is 2.94. The van der Waals surface area contributed by atoms with Crippen LogP contribution in [0.3, 0.4) is 0 Å². The van der Waals surface area contributed by atoms with E-state index in [1.165, 1.54) is 12.1 Å². The van der Waals surface area contributed by atoms with Gasteiger partial charge < -0.3 is 9.64 Å². The van der Waals surface area contributed by atoms with Crippen LogP contribution in [0.4, 0.5) is 4.39 Å². The van der Waals surface area contributed by atoms with Crippen molar-refractivity contribution in [3.05, 3.63) is 34.6 Å². The van der Waals surface area contributed by atoms with Crippen LogP contribution in [0, 0.1) is 11.2 Å². The zero-order valence-electron chi connectivity index (χ0n) is 14.1. The smallest absolute Gasteiger partial charge is 0.230 e. The van der Waals surface area contributed by atoms with E-state index in [9.17, 15) is 9.18 Å². The Bertz CT molecular complexity index is 613. The summed E-state index contributed by atoms with van der Waals surface area (Å²) in [6.45, 7) is 4.36. The number of nitrogens with zero attached hydrogens (tertiary/aromatic N) is 2. The standard InChI is InChI=1S/C18H24ClFN2O2/c1-24-10-9-22-7-2-5-18(17(22)23)6-8-21(13-18)12-14-3-4-15(20)11-16(14)19/h3-4,11H,2,5-10,12-13H2,1H3. The Balaban J connectivity index is 1.66. The van der Waals surface area contributed by atoms with Crippen LogP contribution in [0.15, 0.2) is 18.2 Å². The molecule has 1 atom stereocenters. The molecule has 2 heterocycles. The summed E-state index contributed by atoms with van der Waals surface area (Å²) in [5.74, 6) is -0.0589. The molecule has 3 rings (SSSR count). The van der Waals surface area contributed by atoms with Crippen molar-refractivity contribution in [3.63, 3.8) is 0 Å². The molecule has 0 saturated carbocycles. The molecule has 4 nitrogen and oxygen atoms in total. The van der Waals surface area contributed by atoms with Crippen molar-refractivity contribution >= 4 is 17.5 Å². The minimum Gasteiger partial charge on any atom is -0.383 e. The average molecular weight is 355 g/mol. The first-order valence-corrected chi connectivity index (χ1v) is 8.86. The van der Waals surface area contributed by atoms with E-state index < -0.39 is 0 Å². The number of amides is 1. The lowest BCUT2D eigenvalue weighted by Crippen LogP contribution is -2.50. The van der Waals surface area contributed by atoms with E-state index in [4.69, 9.17) is 16.3 Å². The van der Waals surface area contributed by atoms with Crippen LogP contribution in [0.1, 0.15) is 24.8 Å². The summed E-state index contributed by atoms with van der Waals surface area (Å²) in [5, 5.41) is 0.452. The summed E-state index contributed by atoms with van der Waals surface area (Å²) in [6.07, 6.45) is 2.87. The van der Waals surface area contributed by atoms with Crippen LogP contribution in [0.2, 0.25) is 5.02 Å². The molecular formula is C18H24ClFN2O2. The molecule has 2 fully saturated rings. The van der Waals surface area contributed by atoms with E-state index in [1.807, 2.05) is 4.90 Å². The highest BCUT2D eigenvalue weighted by Gasteiger charge is 2.48. The molecule has 2 saturated heterocycles. The van der Waals surface area contributed by atoms with Gasteiger partial charge in [0.15, 0.2) is 0 Å². The maximum Gasteiger partial charge on any atom is 0.230 e. The molecular weight excluding hydrogens is 331 g/mol. The van der Waals surface area contributed by atoms with Crippen molar-refractivity contribution < 1.29 is 13.9 Å². The fourth-order valence-corrected chi connectivity index (χ4v) is 4.16. The predicted molar refractivity (Wildman–Crippen MR) is 91.4 cm³/mol. The SMILES string of the molecule is COCCN1CCCC2(CCN(Cc3ccc(F)cc3Cl)C2)C1=O. The summed E-state index contributed by atoms with van der Waals surface area (Å²) in [6, 6.07) is 4.52. The topological polar surface area (TPSA) is 32.8 Å². The molecule has 2 aliphatic rings. The first kappa shape index (κ1) is 17.6. The molecule has 6 heteroatoms. The lowest BCUT2D eigenvalue weighted by atomic mass is 9.78. The lowest BCUT2D eigenvalue weighted by Gasteiger charge is -2.39. The molecule has 0 aromatic heterocycles. The van der Waals surface area contributed by atoms with Crippen molar-refractivity contribution in [1.82, 2.24) is 9.80 Å². The maximum atomic E-state index is 13.2. The summed E-state index contributed by atoms with van der Waals surface area (Å²) < 4.78 is 18.3. The van der Waals surface area contributed by atoms with Crippen molar-refractivity contribution in [2.75, 3.05) is 39.9 Å². The first-order valence-electron chi connectivity index (χ1n) is 8.49. The number of piperidine rings is 1. The zero-order chi connectivity index (χ0) is 17.2. The Hall–Kier alpha value is -1.17. The average Bonchev–Trinajstić information content (AvgIpc) is 2.96. The van der Waals surface area contributed by atoms with E-state index in [2.05, 4.69) is 4.90 Å². The quantitative estimate of drug-likeness (QED) is 0.815. The van der Waals surface area contributed by atoms with Crippen molar-refractivity contribution in [3.8, 4) is 0 Å². The molecule has 2 aliphatic heterocycles. The second-order valence-electron chi connectivity index (χ2n) is 6.87. The van der Waals surface area contributed by atoms with Crippen molar-refractivity contribution in [2.24, 2.45) is 5.41 Å². The minimum absolute atomic E-state index is 0.263. The van der Waals surface area contributed by atoms with Gasteiger partial charge >= 0.3 is 0 Å². The van der Waals surface area contributed by atoms with Gasteiger partial charge in [-0.3, -0.25) is 9.69 Å². The van der Waals surface area contributed by atoms with E-state index >= 15 is 0 Å². The fraction of sp³-hybridized carbons (Fsp3) is 0.611. The molecule has 1 amide bonds. The maximum absolute atomic E-state index is 13.2. The molecule has 132 valence electrons. The third kappa shape index (κ3) is 3.58. The first-order chi connectivity index (χ1) is 11.5. The van der Waals surface area contributed by atoms with Gasteiger partial charge in [0, 0.05) is 38.3 Å². The van der Waals surface area contributed by atoms with Crippen LogP contribution in [0.5, 0.6) is 0 Å². The van der Waals surface area contributed by atoms with Gasteiger partial charge in [-0.15, -0.1) is 0 Å². The number of hydrogen-bond acceptors (Lipinski definition) is 3. The van der Waals surface area contributed by atoms with Crippen molar-refractivity contribution in [1.29, 1.82) is 0 Å². The van der Waals surface area contributed by atoms with Gasteiger partial charge in [-0.25, -0.2) is 4.39 Å². The Morgan fingerprint density at radius 1 is 1.33 bits per heavy atom. The van der Waals surface area contributed by atoms with Gasteiger partial charge in [0.05, 0.1) is 12.0 Å². The Labute approximate surface area is 147 Å². The minimum atomic E-state index is -0.321. The molecule has 0 bridgehead atoms. The molecule has 0 N–H and O–H groups in total. The molecule has 0 radical (unpaired) electrons. The third-order valence-corrected chi connectivity index (χ3v) is 5.58. The van der Waals surface area contributed by atoms with Gasteiger partial charge in [-0.2, -0.15) is 0 Å². The number of hydrogen-bond donors (Lipinski definition) is 0. The Morgan fingerprint density at radius 2 is 2.17 bits per heavy atom. The second kappa shape index (κ2) is 7.38. The van der Waals surface area contributed by atoms with E-state index in [1.54, 1.807) is 13.2 Å². The molecule has 1 aromatic rings. The van der Waals surface area contributed by atoms with Crippen LogP contribution in [-0.4, -0.2) is 55.6 Å².